The number of rotatable bonds is 3. The second-order valence-electron chi connectivity index (χ2n) is 3.84. The Morgan fingerprint density at radius 3 is 2.78 bits per heavy atom. The number of aliphatic hydroxyl groups excluding tert-OH is 1. The van der Waals surface area contributed by atoms with E-state index in [1.165, 1.54) is 12.1 Å². The summed E-state index contributed by atoms with van der Waals surface area (Å²) in [5.74, 6) is -0.663. The number of imidazole rings is 1. The Balaban J connectivity index is 2.58. The van der Waals surface area contributed by atoms with Gasteiger partial charge in [-0.15, -0.1) is 0 Å². The van der Waals surface area contributed by atoms with Crippen molar-refractivity contribution in [2.24, 2.45) is 0 Å². The van der Waals surface area contributed by atoms with Gasteiger partial charge in [0.1, 0.15) is 12.4 Å². The lowest BCUT2D eigenvalue weighted by atomic mass is 10.0. The number of nitrogens with zero attached hydrogens (tertiary/aromatic N) is 1. The van der Waals surface area contributed by atoms with Gasteiger partial charge >= 0.3 is 5.97 Å². The van der Waals surface area contributed by atoms with Crippen LogP contribution in [0.2, 0.25) is 5.15 Å². The molecule has 3 N–H and O–H groups in total. The predicted molar refractivity (Wildman–Crippen MR) is 66.7 cm³/mol. The normalized spacial score (nSPS) is 10.6. The van der Waals surface area contributed by atoms with E-state index in [0.29, 0.717) is 17.1 Å². The van der Waals surface area contributed by atoms with Crippen molar-refractivity contribution in [1.82, 2.24) is 9.97 Å². The Bertz CT molecular complexity index is 607. The summed E-state index contributed by atoms with van der Waals surface area (Å²) < 4.78 is 0. The number of carboxylic acids is 1. The number of H-pyrrole nitrogens is 1. The molecule has 0 fully saturated rings. The number of benzene rings is 1. The van der Waals surface area contributed by atoms with Crippen molar-refractivity contribution in [3.8, 4) is 11.3 Å². The summed E-state index contributed by atoms with van der Waals surface area (Å²) >= 11 is 5.96. The number of aryl methyl sites for hydroxylation is 1. The number of halogens is 1. The Morgan fingerprint density at radius 2 is 2.22 bits per heavy atom. The zero-order valence-corrected chi connectivity index (χ0v) is 10.3. The maximum Gasteiger partial charge on any atom is 0.335 e. The lowest BCUT2D eigenvalue weighted by molar-refractivity contribution is 0.0697. The number of aromatic carboxylic acids is 1. The zero-order chi connectivity index (χ0) is 13.3. The molecular weight excluding hydrogens is 256 g/mol. The summed E-state index contributed by atoms with van der Waals surface area (Å²) in [6.45, 7) is 1.59. The first-order valence-electron chi connectivity index (χ1n) is 5.22. The summed E-state index contributed by atoms with van der Waals surface area (Å²) in [5, 5.41) is 18.2. The third-order valence-electron chi connectivity index (χ3n) is 2.61. The third kappa shape index (κ3) is 2.23. The van der Waals surface area contributed by atoms with Gasteiger partial charge in [-0.3, -0.25) is 0 Å². The monoisotopic (exact) mass is 266 g/mol. The van der Waals surface area contributed by atoms with E-state index >= 15 is 0 Å². The topological polar surface area (TPSA) is 86.2 Å². The molecule has 18 heavy (non-hydrogen) atoms. The Labute approximate surface area is 108 Å². The molecule has 0 saturated heterocycles. The molecule has 2 rings (SSSR count). The highest BCUT2D eigenvalue weighted by Crippen LogP contribution is 2.29. The van der Waals surface area contributed by atoms with Crippen LogP contribution in [0.4, 0.5) is 0 Å². The predicted octanol–water partition coefficient (Wildman–Crippen LogP) is 2.23. The molecule has 0 spiro atoms. The third-order valence-corrected chi connectivity index (χ3v) is 2.89. The van der Waals surface area contributed by atoms with Crippen molar-refractivity contribution < 1.29 is 15.0 Å². The first kappa shape index (κ1) is 12.6. The fourth-order valence-corrected chi connectivity index (χ4v) is 1.93. The van der Waals surface area contributed by atoms with Gasteiger partial charge < -0.3 is 15.2 Å². The highest BCUT2D eigenvalue weighted by molar-refractivity contribution is 6.32. The molecule has 0 aliphatic carbocycles. The van der Waals surface area contributed by atoms with Crippen molar-refractivity contribution in [2.45, 2.75) is 13.5 Å². The zero-order valence-electron chi connectivity index (χ0n) is 9.57. The van der Waals surface area contributed by atoms with Crippen molar-refractivity contribution in [1.29, 1.82) is 0 Å². The smallest absolute Gasteiger partial charge is 0.335 e. The van der Waals surface area contributed by atoms with E-state index in [4.69, 9.17) is 21.8 Å². The average Bonchev–Trinajstić information content (AvgIpc) is 2.71. The number of aliphatic hydroxyl groups is 1. The largest absolute Gasteiger partial charge is 0.478 e. The van der Waals surface area contributed by atoms with Crippen molar-refractivity contribution in [3.05, 3.63) is 40.3 Å². The Morgan fingerprint density at radius 1 is 1.50 bits per heavy atom. The number of aromatic nitrogens is 2. The molecule has 5 nitrogen and oxygen atoms in total. The van der Waals surface area contributed by atoms with Crippen LogP contribution < -0.4 is 0 Å². The van der Waals surface area contributed by atoms with Crippen LogP contribution in [0, 0.1) is 6.92 Å². The maximum atomic E-state index is 10.9. The van der Waals surface area contributed by atoms with E-state index in [0.717, 1.165) is 5.56 Å². The van der Waals surface area contributed by atoms with Gasteiger partial charge in [-0.1, -0.05) is 17.7 Å². The maximum absolute atomic E-state index is 10.9. The molecule has 2 aromatic rings. The van der Waals surface area contributed by atoms with E-state index in [1.54, 1.807) is 6.07 Å². The van der Waals surface area contributed by atoms with Gasteiger partial charge in [0, 0.05) is 5.56 Å². The average molecular weight is 267 g/mol. The SMILES string of the molecule is Cc1ccc(C(=O)O)cc1-c1[nH]c(CO)nc1Cl. The quantitative estimate of drug-likeness (QED) is 0.795. The van der Waals surface area contributed by atoms with Crippen LogP contribution in [0.3, 0.4) is 0 Å². The van der Waals surface area contributed by atoms with Crippen LogP contribution in [0.5, 0.6) is 0 Å². The molecule has 0 aliphatic rings. The minimum Gasteiger partial charge on any atom is -0.478 e. The lowest BCUT2D eigenvalue weighted by Crippen LogP contribution is -1.97. The number of carboxylic acid groups (broad SMARTS) is 1. The van der Waals surface area contributed by atoms with E-state index in [9.17, 15) is 4.79 Å². The first-order chi connectivity index (χ1) is 8.52. The Hall–Kier alpha value is -1.85. The highest BCUT2D eigenvalue weighted by Gasteiger charge is 2.14. The van der Waals surface area contributed by atoms with Crippen LogP contribution in [0.1, 0.15) is 21.7 Å². The Kier molecular flexibility index (Phi) is 3.36. The van der Waals surface area contributed by atoms with Gasteiger partial charge in [0.2, 0.25) is 0 Å². The van der Waals surface area contributed by atoms with Gasteiger partial charge in [-0.05, 0) is 24.6 Å². The first-order valence-corrected chi connectivity index (χ1v) is 5.60. The molecule has 6 heteroatoms. The van der Waals surface area contributed by atoms with Gasteiger partial charge in [0.15, 0.2) is 5.15 Å². The molecule has 0 unspecified atom stereocenters. The van der Waals surface area contributed by atoms with Crippen molar-refractivity contribution in [2.75, 3.05) is 0 Å². The second kappa shape index (κ2) is 4.80. The van der Waals surface area contributed by atoms with E-state index in [1.807, 2.05) is 6.92 Å². The molecule has 0 bridgehead atoms. The van der Waals surface area contributed by atoms with Crippen LogP contribution in [-0.2, 0) is 6.61 Å². The molecule has 1 aromatic carbocycles. The van der Waals surface area contributed by atoms with Crippen LogP contribution in [0.25, 0.3) is 11.3 Å². The summed E-state index contributed by atoms with van der Waals surface area (Å²) in [6.07, 6.45) is 0. The molecule has 94 valence electrons. The summed E-state index contributed by atoms with van der Waals surface area (Å²) in [5.41, 5.74) is 2.22. The molecule has 0 aliphatic heterocycles. The molecule has 0 radical (unpaired) electrons. The second-order valence-corrected chi connectivity index (χ2v) is 4.20. The number of nitrogens with one attached hydrogen (secondary N) is 1. The summed E-state index contributed by atoms with van der Waals surface area (Å²) in [4.78, 5) is 17.7. The minimum absolute atomic E-state index is 0.173. The molecule has 1 heterocycles. The fourth-order valence-electron chi connectivity index (χ4n) is 1.68. The van der Waals surface area contributed by atoms with Crippen LogP contribution in [-0.4, -0.2) is 26.2 Å². The number of hydrogen-bond donors (Lipinski definition) is 3. The number of hydrogen-bond acceptors (Lipinski definition) is 3. The number of aromatic amines is 1. The van der Waals surface area contributed by atoms with Crippen LogP contribution >= 0.6 is 11.6 Å². The molecule has 0 atom stereocenters. The standard InChI is InChI=1S/C12H11ClN2O3/c1-6-2-3-7(12(17)18)4-8(6)10-11(13)15-9(5-16)14-10/h2-4,16H,5H2,1H3,(H,14,15)(H,17,18). The lowest BCUT2D eigenvalue weighted by Gasteiger charge is -2.05. The molecule has 1 aromatic heterocycles. The molecule has 0 saturated carbocycles. The summed E-state index contributed by atoms with van der Waals surface area (Å²) in [6, 6.07) is 4.76. The molecular formula is C12H11ClN2O3. The van der Waals surface area contributed by atoms with E-state index < -0.39 is 5.97 Å². The highest BCUT2D eigenvalue weighted by atomic mass is 35.5. The molecule has 0 amide bonds. The summed E-state index contributed by atoms with van der Waals surface area (Å²) in [7, 11) is 0. The van der Waals surface area contributed by atoms with Crippen LogP contribution in [0.15, 0.2) is 18.2 Å². The van der Waals surface area contributed by atoms with Gasteiger partial charge in [-0.25, -0.2) is 9.78 Å². The minimum atomic E-state index is -1.01. The van der Waals surface area contributed by atoms with Crippen molar-refractivity contribution >= 4 is 17.6 Å². The van der Waals surface area contributed by atoms with Gasteiger partial charge in [0.05, 0.1) is 11.3 Å². The van der Waals surface area contributed by atoms with E-state index in [2.05, 4.69) is 9.97 Å². The van der Waals surface area contributed by atoms with Crippen molar-refractivity contribution in [3.63, 3.8) is 0 Å². The van der Waals surface area contributed by atoms with Gasteiger partial charge in [0.25, 0.3) is 0 Å². The fraction of sp³-hybridized carbons (Fsp3) is 0.167. The van der Waals surface area contributed by atoms with E-state index in [-0.39, 0.29) is 17.3 Å². The van der Waals surface area contributed by atoms with Gasteiger partial charge in [-0.2, -0.15) is 0 Å². The number of carbonyl (C=O) groups is 1.